The Morgan fingerprint density at radius 2 is 2.08 bits per heavy atom. The van der Waals surface area contributed by atoms with Crippen LogP contribution >= 0.6 is 0 Å². The Kier molecular flexibility index (Phi) is 3.11. The van der Waals surface area contributed by atoms with Crippen molar-refractivity contribution in [3.05, 3.63) is 29.3 Å². The molecule has 12 heavy (non-hydrogen) atoms. The minimum atomic E-state index is 0.674. The van der Waals surface area contributed by atoms with E-state index < -0.39 is 0 Å². The number of hydrogen-bond acceptors (Lipinski definition) is 2. The van der Waals surface area contributed by atoms with Gasteiger partial charge in [0.05, 0.1) is 0 Å². The van der Waals surface area contributed by atoms with E-state index in [4.69, 9.17) is 5.73 Å². The highest BCUT2D eigenvalue weighted by molar-refractivity contribution is 5.53. The monoisotopic (exact) mass is 164 g/mol. The van der Waals surface area contributed by atoms with Crippen LogP contribution in [0.25, 0.3) is 0 Å². The lowest BCUT2D eigenvalue weighted by atomic mass is 10.1. The summed E-state index contributed by atoms with van der Waals surface area (Å²) in [5.41, 5.74) is 9.22. The van der Waals surface area contributed by atoms with Crippen molar-refractivity contribution in [2.45, 2.75) is 13.8 Å². The Labute approximate surface area is 73.8 Å². The molecular formula is C10H16N2. The minimum Gasteiger partial charge on any atom is -0.384 e. The smallest absolute Gasteiger partial charge is 0.0372 e. The molecule has 0 saturated carbocycles. The molecule has 1 aromatic carbocycles. The molecule has 0 atom stereocenters. The van der Waals surface area contributed by atoms with Gasteiger partial charge < -0.3 is 11.1 Å². The highest BCUT2D eigenvalue weighted by Gasteiger charge is 1.97. The van der Waals surface area contributed by atoms with Crippen LogP contribution in [0.1, 0.15) is 11.1 Å². The van der Waals surface area contributed by atoms with Crippen LogP contribution in [0.15, 0.2) is 18.2 Å². The predicted octanol–water partition coefficient (Wildman–Crippen LogP) is 1.67. The first kappa shape index (κ1) is 9.07. The molecule has 0 bridgehead atoms. The lowest BCUT2D eigenvalue weighted by molar-refractivity contribution is 1.02. The van der Waals surface area contributed by atoms with Crippen LogP contribution < -0.4 is 11.1 Å². The molecule has 1 rings (SSSR count). The van der Waals surface area contributed by atoms with Gasteiger partial charge in [-0.25, -0.2) is 0 Å². The zero-order valence-electron chi connectivity index (χ0n) is 7.72. The maximum Gasteiger partial charge on any atom is 0.0372 e. The van der Waals surface area contributed by atoms with E-state index in [2.05, 4.69) is 37.4 Å². The van der Waals surface area contributed by atoms with Crippen LogP contribution in [-0.2, 0) is 0 Å². The summed E-state index contributed by atoms with van der Waals surface area (Å²) in [6.07, 6.45) is 0. The lowest BCUT2D eigenvalue weighted by Gasteiger charge is -2.09. The third-order valence-electron chi connectivity index (χ3n) is 2.06. The first-order valence-corrected chi connectivity index (χ1v) is 4.26. The molecule has 2 nitrogen and oxygen atoms in total. The van der Waals surface area contributed by atoms with Crippen molar-refractivity contribution in [2.24, 2.45) is 5.73 Å². The third kappa shape index (κ3) is 1.98. The number of rotatable bonds is 3. The summed E-state index contributed by atoms with van der Waals surface area (Å²) < 4.78 is 0. The van der Waals surface area contributed by atoms with Crippen LogP contribution in [0.5, 0.6) is 0 Å². The molecule has 0 saturated heterocycles. The molecule has 0 aliphatic heterocycles. The van der Waals surface area contributed by atoms with Gasteiger partial charge in [-0.3, -0.25) is 0 Å². The summed E-state index contributed by atoms with van der Waals surface area (Å²) in [6.45, 7) is 5.74. The summed E-state index contributed by atoms with van der Waals surface area (Å²) in [5, 5.41) is 3.28. The fourth-order valence-corrected chi connectivity index (χ4v) is 1.15. The number of aryl methyl sites for hydroxylation is 1. The van der Waals surface area contributed by atoms with Crippen molar-refractivity contribution in [1.82, 2.24) is 0 Å². The number of anilines is 1. The van der Waals surface area contributed by atoms with Crippen LogP contribution in [0.3, 0.4) is 0 Å². The fraction of sp³-hybridized carbons (Fsp3) is 0.400. The van der Waals surface area contributed by atoms with E-state index >= 15 is 0 Å². The fourth-order valence-electron chi connectivity index (χ4n) is 1.15. The quantitative estimate of drug-likeness (QED) is 0.713. The molecule has 0 aliphatic rings. The van der Waals surface area contributed by atoms with Gasteiger partial charge in [-0.05, 0) is 31.0 Å². The second-order valence-corrected chi connectivity index (χ2v) is 2.96. The van der Waals surface area contributed by atoms with E-state index in [0.29, 0.717) is 6.54 Å². The second kappa shape index (κ2) is 4.12. The highest BCUT2D eigenvalue weighted by atomic mass is 14.9. The van der Waals surface area contributed by atoms with E-state index in [9.17, 15) is 0 Å². The minimum absolute atomic E-state index is 0.674. The summed E-state index contributed by atoms with van der Waals surface area (Å²) >= 11 is 0. The Hall–Kier alpha value is -1.02. The normalized spacial score (nSPS) is 9.92. The van der Waals surface area contributed by atoms with Gasteiger partial charge in [0, 0.05) is 18.8 Å². The molecule has 2 heteroatoms. The van der Waals surface area contributed by atoms with E-state index in [0.717, 1.165) is 6.54 Å². The molecule has 0 heterocycles. The summed E-state index contributed by atoms with van der Waals surface area (Å²) in [7, 11) is 0. The molecule has 66 valence electrons. The first-order valence-electron chi connectivity index (χ1n) is 4.26. The summed E-state index contributed by atoms with van der Waals surface area (Å²) in [5.74, 6) is 0. The van der Waals surface area contributed by atoms with Crippen molar-refractivity contribution >= 4 is 5.69 Å². The van der Waals surface area contributed by atoms with Gasteiger partial charge in [-0.1, -0.05) is 12.1 Å². The first-order chi connectivity index (χ1) is 5.75. The number of nitrogens with two attached hydrogens (primary N) is 1. The standard InChI is InChI=1S/C10H16N2/c1-8-4-3-5-10(9(8)2)12-7-6-11/h3-5,12H,6-7,11H2,1-2H3. The molecule has 1 aromatic rings. The Balaban J connectivity index is 2.78. The number of hydrogen-bond donors (Lipinski definition) is 2. The van der Waals surface area contributed by atoms with E-state index in [1.165, 1.54) is 16.8 Å². The highest BCUT2D eigenvalue weighted by Crippen LogP contribution is 2.17. The second-order valence-electron chi connectivity index (χ2n) is 2.96. The molecular weight excluding hydrogens is 148 g/mol. The molecule has 0 radical (unpaired) electrons. The molecule has 0 aliphatic carbocycles. The van der Waals surface area contributed by atoms with Gasteiger partial charge in [-0.15, -0.1) is 0 Å². The average Bonchev–Trinajstić information content (AvgIpc) is 2.08. The zero-order valence-corrected chi connectivity index (χ0v) is 7.72. The van der Waals surface area contributed by atoms with E-state index in [1.807, 2.05) is 0 Å². The largest absolute Gasteiger partial charge is 0.384 e. The Morgan fingerprint density at radius 1 is 1.33 bits per heavy atom. The van der Waals surface area contributed by atoms with E-state index in [1.54, 1.807) is 0 Å². The van der Waals surface area contributed by atoms with Gasteiger partial charge in [0.15, 0.2) is 0 Å². The topological polar surface area (TPSA) is 38.0 Å². The van der Waals surface area contributed by atoms with Gasteiger partial charge >= 0.3 is 0 Å². The Morgan fingerprint density at radius 3 is 2.75 bits per heavy atom. The molecule has 3 N–H and O–H groups in total. The average molecular weight is 164 g/mol. The lowest BCUT2D eigenvalue weighted by Crippen LogP contribution is -2.13. The SMILES string of the molecule is Cc1cccc(NCCN)c1C. The Bertz CT molecular complexity index is 256. The molecule has 0 amide bonds. The van der Waals surface area contributed by atoms with Gasteiger partial charge in [0.2, 0.25) is 0 Å². The van der Waals surface area contributed by atoms with E-state index in [-0.39, 0.29) is 0 Å². The van der Waals surface area contributed by atoms with Crippen LogP contribution in [0.4, 0.5) is 5.69 Å². The van der Waals surface area contributed by atoms with Gasteiger partial charge in [0.1, 0.15) is 0 Å². The van der Waals surface area contributed by atoms with Gasteiger partial charge in [0.25, 0.3) is 0 Å². The number of benzene rings is 1. The maximum atomic E-state index is 5.40. The summed E-state index contributed by atoms with van der Waals surface area (Å²) in [6, 6.07) is 6.25. The van der Waals surface area contributed by atoms with Crippen LogP contribution in [0.2, 0.25) is 0 Å². The van der Waals surface area contributed by atoms with Crippen molar-refractivity contribution in [3.8, 4) is 0 Å². The van der Waals surface area contributed by atoms with Crippen LogP contribution in [-0.4, -0.2) is 13.1 Å². The van der Waals surface area contributed by atoms with Crippen molar-refractivity contribution in [1.29, 1.82) is 0 Å². The zero-order chi connectivity index (χ0) is 8.97. The molecule has 0 spiro atoms. The summed E-state index contributed by atoms with van der Waals surface area (Å²) in [4.78, 5) is 0. The van der Waals surface area contributed by atoms with Gasteiger partial charge in [-0.2, -0.15) is 0 Å². The van der Waals surface area contributed by atoms with Crippen molar-refractivity contribution < 1.29 is 0 Å². The van der Waals surface area contributed by atoms with Crippen molar-refractivity contribution in [2.75, 3.05) is 18.4 Å². The molecule has 0 unspecified atom stereocenters. The predicted molar refractivity (Wildman–Crippen MR) is 53.5 cm³/mol. The van der Waals surface area contributed by atoms with Crippen molar-refractivity contribution in [3.63, 3.8) is 0 Å². The molecule has 0 aromatic heterocycles. The van der Waals surface area contributed by atoms with Crippen LogP contribution in [0, 0.1) is 13.8 Å². The third-order valence-corrected chi connectivity index (χ3v) is 2.06. The maximum absolute atomic E-state index is 5.40. The number of nitrogens with one attached hydrogen (secondary N) is 1. The molecule has 0 fully saturated rings.